The first-order valence-electron chi connectivity index (χ1n) is 6.75. The first-order chi connectivity index (χ1) is 9.72. The normalized spacial score (nSPS) is 27.3. The van der Waals surface area contributed by atoms with Crippen LogP contribution in [0.15, 0.2) is 30.3 Å². The van der Waals surface area contributed by atoms with Crippen molar-refractivity contribution < 1.29 is 4.92 Å². The third-order valence-corrected chi connectivity index (χ3v) is 4.29. The van der Waals surface area contributed by atoms with Crippen LogP contribution in [0, 0.1) is 22.0 Å². The van der Waals surface area contributed by atoms with Crippen molar-refractivity contribution in [1.82, 2.24) is 10.3 Å². The Bertz CT molecular complexity index is 693. The molecule has 0 radical (unpaired) electrons. The van der Waals surface area contributed by atoms with Gasteiger partial charge in [-0.3, -0.25) is 10.1 Å². The first-order valence-corrected chi connectivity index (χ1v) is 6.75. The van der Waals surface area contributed by atoms with E-state index in [1.807, 2.05) is 12.1 Å². The molecule has 2 unspecified atom stereocenters. The molecule has 2 aromatic rings. The lowest BCUT2D eigenvalue weighted by Crippen LogP contribution is -2.21. The Balaban J connectivity index is 1.59. The number of nitrogens with one attached hydrogen (secondary N) is 2. The molecule has 1 saturated heterocycles. The summed E-state index contributed by atoms with van der Waals surface area (Å²) in [6, 6.07) is 9.06. The van der Waals surface area contributed by atoms with E-state index >= 15 is 0 Å². The number of non-ortho nitro benzene ring substituents is 1. The number of nitrogens with zero attached hydrogens (tertiary/aromatic N) is 2. The van der Waals surface area contributed by atoms with Crippen LogP contribution >= 0.6 is 0 Å². The van der Waals surface area contributed by atoms with Crippen molar-refractivity contribution in [3.05, 3.63) is 40.4 Å². The number of benzene rings is 1. The smallest absolute Gasteiger partial charge is 0.270 e. The van der Waals surface area contributed by atoms with E-state index in [2.05, 4.69) is 15.6 Å². The molecule has 1 aliphatic heterocycles. The summed E-state index contributed by atoms with van der Waals surface area (Å²) in [6.07, 6.45) is 0. The fourth-order valence-electron chi connectivity index (χ4n) is 3.11. The van der Waals surface area contributed by atoms with Gasteiger partial charge < -0.3 is 10.6 Å². The number of hydrogen-bond acceptors (Lipinski definition) is 5. The van der Waals surface area contributed by atoms with E-state index in [9.17, 15) is 10.1 Å². The zero-order valence-electron chi connectivity index (χ0n) is 10.7. The van der Waals surface area contributed by atoms with Crippen LogP contribution in [0.5, 0.6) is 0 Å². The fraction of sp³-hybridized carbons (Fsp3) is 0.357. The van der Waals surface area contributed by atoms with E-state index in [1.54, 1.807) is 12.1 Å². The van der Waals surface area contributed by atoms with E-state index in [4.69, 9.17) is 0 Å². The zero-order valence-corrected chi connectivity index (χ0v) is 10.7. The quantitative estimate of drug-likeness (QED) is 0.656. The topological polar surface area (TPSA) is 80.1 Å². The maximum atomic E-state index is 10.7. The molecule has 2 aliphatic rings. The molecule has 4 rings (SSSR count). The molecule has 2 heterocycles. The van der Waals surface area contributed by atoms with Crippen molar-refractivity contribution >= 4 is 22.4 Å². The van der Waals surface area contributed by atoms with E-state index < -0.39 is 0 Å². The molecule has 2 N–H and O–H groups in total. The van der Waals surface area contributed by atoms with Gasteiger partial charge in [-0.05, 0) is 30.0 Å². The summed E-state index contributed by atoms with van der Waals surface area (Å²) in [5.41, 5.74) is 0.882. The SMILES string of the molecule is O=[N+]([O-])c1ccc2nc(NC3C4CNCC43)ccc2c1. The Morgan fingerprint density at radius 3 is 2.80 bits per heavy atom. The zero-order chi connectivity index (χ0) is 13.7. The summed E-state index contributed by atoms with van der Waals surface area (Å²) in [4.78, 5) is 14.9. The van der Waals surface area contributed by atoms with Gasteiger partial charge in [-0.25, -0.2) is 4.98 Å². The molecule has 20 heavy (non-hydrogen) atoms. The number of rotatable bonds is 3. The molecule has 102 valence electrons. The second-order valence-electron chi connectivity index (χ2n) is 5.49. The lowest BCUT2D eigenvalue weighted by atomic mass is 10.2. The van der Waals surface area contributed by atoms with Gasteiger partial charge in [0, 0.05) is 36.7 Å². The highest BCUT2D eigenvalue weighted by Gasteiger charge is 2.53. The summed E-state index contributed by atoms with van der Waals surface area (Å²) in [6.45, 7) is 2.17. The van der Waals surface area contributed by atoms with Crippen LogP contribution in [0.4, 0.5) is 11.5 Å². The first kappa shape index (κ1) is 11.6. The van der Waals surface area contributed by atoms with E-state index in [0.717, 1.165) is 41.6 Å². The lowest BCUT2D eigenvalue weighted by Gasteiger charge is -2.09. The van der Waals surface area contributed by atoms with Crippen LogP contribution in [-0.2, 0) is 0 Å². The number of piperidine rings is 1. The van der Waals surface area contributed by atoms with E-state index in [0.29, 0.717) is 6.04 Å². The maximum Gasteiger partial charge on any atom is 0.270 e. The Morgan fingerprint density at radius 2 is 2.05 bits per heavy atom. The summed E-state index contributed by atoms with van der Waals surface area (Å²) < 4.78 is 0. The van der Waals surface area contributed by atoms with Crippen molar-refractivity contribution in [2.75, 3.05) is 18.4 Å². The van der Waals surface area contributed by atoms with Gasteiger partial charge in [0.05, 0.1) is 10.4 Å². The predicted molar refractivity (Wildman–Crippen MR) is 75.7 cm³/mol. The van der Waals surface area contributed by atoms with Crippen LogP contribution in [0.1, 0.15) is 0 Å². The lowest BCUT2D eigenvalue weighted by molar-refractivity contribution is -0.384. The van der Waals surface area contributed by atoms with Crippen LogP contribution < -0.4 is 10.6 Å². The fourth-order valence-corrected chi connectivity index (χ4v) is 3.11. The number of nitro groups is 1. The molecular weight excluding hydrogens is 256 g/mol. The van der Waals surface area contributed by atoms with Crippen molar-refractivity contribution in [2.45, 2.75) is 6.04 Å². The highest BCUT2D eigenvalue weighted by atomic mass is 16.6. The van der Waals surface area contributed by atoms with Gasteiger partial charge in [0.15, 0.2) is 0 Å². The molecule has 0 bridgehead atoms. The minimum atomic E-state index is -0.385. The summed E-state index contributed by atoms with van der Waals surface area (Å²) >= 11 is 0. The molecular formula is C14H14N4O2. The second-order valence-corrected chi connectivity index (χ2v) is 5.49. The molecule has 6 nitrogen and oxygen atoms in total. The average molecular weight is 270 g/mol. The number of nitro benzene ring substituents is 1. The van der Waals surface area contributed by atoms with Crippen LogP contribution in [0.3, 0.4) is 0 Å². The highest BCUT2D eigenvalue weighted by Crippen LogP contribution is 2.43. The standard InChI is InChI=1S/C14H14N4O2/c19-18(20)9-2-3-12-8(5-9)1-4-13(16-12)17-14-10-6-15-7-11(10)14/h1-5,10-11,14-15H,6-7H2,(H,16,17). The van der Waals surface area contributed by atoms with Crippen molar-refractivity contribution in [2.24, 2.45) is 11.8 Å². The Hall–Kier alpha value is -2.21. The second kappa shape index (κ2) is 4.14. The van der Waals surface area contributed by atoms with Crippen LogP contribution in [0.2, 0.25) is 0 Å². The van der Waals surface area contributed by atoms with E-state index in [-0.39, 0.29) is 10.6 Å². The van der Waals surface area contributed by atoms with Crippen molar-refractivity contribution in [1.29, 1.82) is 0 Å². The molecule has 2 atom stereocenters. The number of hydrogen-bond donors (Lipinski definition) is 2. The molecule has 1 aromatic heterocycles. The number of aromatic nitrogens is 1. The minimum Gasteiger partial charge on any atom is -0.367 e. The van der Waals surface area contributed by atoms with Crippen molar-refractivity contribution in [3.8, 4) is 0 Å². The predicted octanol–water partition coefficient (Wildman–Crippen LogP) is 1.77. The van der Waals surface area contributed by atoms with Gasteiger partial charge in [-0.2, -0.15) is 0 Å². The minimum absolute atomic E-state index is 0.0998. The van der Waals surface area contributed by atoms with E-state index in [1.165, 1.54) is 6.07 Å². The Labute approximate surface area is 115 Å². The summed E-state index contributed by atoms with van der Waals surface area (Å²) in [7, 11) is 0. The number of pyridine rings is 1. The number of anilines is 1. The molecule has 1 aliphatic carbocycles. The van der Waals surface area contributed by atoms with Gasteiger partial charge in [0.1, 0.15) is 5.82 Å². The number of fused-ring (bicyclic) bond motifs is 2. The van der Waals surface area contributed by atoms with Crippen LogP contribution in [0.25, 0.3) is 10.9 Å². The van der Waals surface area contributed by atoms with Crippen LogP contribution in [-0.4, -0.2) is 29.0 Å². The molecule has 0 spiro atoms. The Morgan fingerprint density at radius 1 is 1.25 bits per heavy atom. The van der Waals surface area contributed by atoms with Gasteiger partial charge in [-0.15, -0.1) is 0 Å². The van der Waals surface area contributed by atoms with Crippen molar-refractivity contribution in [3.63, 3.8) is 0 Å². The van der Waals surface area contributed by atoms with Gasteiger partial charge in [0.25, 0.3) is 5.69 Å². The van der Waals surface area contributed by atoms with Gasteiger partial charge in [0.2, 0.25) is 0 Å². The molecule has 1 saturated carbocycles. The highest BCUT2D eigenvalue weighted by molar-refractivity contribution is 5.82. The molecule has 2 fully saturated rings. The summed E-state index contributed by atoms with van der Waals surface area (Å²) in [5.74, 6) is 2.31. The Kier molecular flexibility index (Phi) is 2.40. The third-order valence-electron chi connectivity index (χ3n) is 4.29. The van der Waals surface area contributed by atoms with Gasteiger partial charge in [-0.1, -0.05) is 0 Å². The largest absolute Gasteiger partial charge is 0.367 e. The monoisotopic (exact) mass is 270 g/mol. The third kappa shape index (κ3) is 1.80. The molecule has 6 heteroatoms. The average Bonchev–Trinajstić information content (AvgIpc) is 2.87. The summed E-state index contributed by atoms with van der Waals surface area (Å²) in [5, 5.41) is 18.4. The molecule has 1 aromatic carbocycles. The molecule has 0 amide bonds. The van der Waals surface area contributed by atoms with Gasteiger partial charge >= 0.3 is 0 Å². The maximum absolute atomic E-state index is 10.7.